The van der Waals surface area contributed by atoms with Gasteiger partial charge in [0.25, 0.3) is 0 Å². The zero-order valence-electron chi connectivity index (χ0n) is 22.4. The van der Waals surface area contributed by atoms with Crippen LogP contribution >= 0.6 is 11.8 Å². The van der Waals surface area contributed by atoms with Crippen molar-refractivity contribution in [3.8, 4) is 5.75 Å². The number of nitrogens with zero attached hydrogens (tertiary/aromatic N) is 3. The van der Waals surface area contributed by atoms with Gasteiger partial charge >= 0.3 is 0 Å². The molecular weight excluding hydrogens is 492 g/mol. The number of allylic oxidation sites excluding steroid dienone is 2. The van der Waals surface area contributed by atoms with E-state index in [-0.39, 0.29) is 11.8 Å². The van der Waals surface area contributed by atoms with Crippen LogP contribution in [0.5, 0.6) is 5.75 Å². The number of fused-ring (bicyclic) bond motifs is 1. The molecule has 5 rings (SSSR count). The number of aryl methyl sites for hydroxylation is 3. The zero-order chi connectivity index (χ0) is 26.8. The van der Waals surface area contributed by atoms with E-state index in [9.17, 15) is 4.79 Å². The first-order valence-electron chi connectivity index (χ1n) is 12.7. The molecule has 0 fully saturated rings. The molecule has 0 bridgehead atoms. The lowest BCUT2D eigenvalue weighted by atomic mass is 9.93. The van der Waals surface area contributed by atoms with E-state index in [0.717, 1.165) is 22.8 Å². The number of ether oxygens (including phenoxy) is 1. The molecule has 7 heteroatoms. The smallest absolute Gasteiger partial charge is 0.227 e. The van der Waals surface area contributed by atoms with E-state index < -0.39 is 0 Å². The number of thioether (sulfide) groups is 1. The van der Waals surface area contributed by atoms with E-state index >= 15 is 0 Å². The molecule has 2 heterocycles. The number of carbonyl (C=O) groups excluding carboxylic acids is 1. The van der Waals surface area contributed by atoms with Crippen molar-refractivity contribution in [3.05, 3.63) is 111 Å². The van der Waals surface area contributed by atoms with Gasteiger partial charge in [0, 0.05) is 17.0 Å². The number of Topliss-reactive ketones (excluding diaryl/α,β-unsaturated/α-hetero) is 1. The molecule has 6 nitrogen and oxygen atoms in total. The summed E-state index contributed by atoms with van der Waals surface area (Å²) in [5.41, 5.74) is 8.60. The second-order valence-corrected chi connectivity index (χ2v) is 10.7. The quantitative estimate of drug-likeness (QED) is 0.252. The van der Waals surface area contributed by atoms with Crippen LogP contribution in [0.25, 0.3) is 0 Å². The van der Waals surface area contributed by atoms with E-state index in [0.29, 0.717) is 23.3 Å². The number of carbonyl (C=O) groups is 1. The fraction of sp³-hybridized carbons (Fsp3) is 0.258. The van der Waals surface area contributed by atoms with Gasteiger partial charge in [0.15, 0.2) is 5.78 Å². The van der Waals surface area contributed by atoms with Crippen molar-refractivity contribution < 1.29 is 9.53 Å². The summed E-state index contributed by atoms with van der Waals surface area (Å²) in [6, 6.07) is 22.2. The van der Waals surface area contributed by atoms with Crippen molar-refractivity contribution in [1.29, 1.82) is 0 Å². The van der Waals surface area contributed by atoms with Gasteiger partial charge < -0.3 is 10.1 Å². The SMILES string of the molecule is CC(=O)C1=C(C)Nc2nc(SCc3ccccc3)nn2C1c1ccc(OCc2cc(C)c(C)cc2C)cc1. The van der Waals surface area contributed by atoms with Crippen molar-refractivity contribution in [2.24, 2.45) is 0 Å². The molecule has 194 valence electrons. The summed E-state index contributed by atoms with van der Waals surface area (Å²) in [7, 11) is 0. The second-order valence-electron chi connectivity index (χ2n) is 9.78. The average molecular weight is 525 g/mol. The Morgan fingerprint density at radius 1 is 0.974 bits per heavy atom. The molecule has 0 aliphatic carbocycles. The fourth-order valence-corrected chi connectivity index (χ4v) is 5.55. The van der Waals surface area contributed by atoms with Crippen LogP contribution in [-0.4, -0.2) is 20.5 Å². The summed E-state index contributed by atoms with van der Waals surface area (Å²) in [6.45, 7) is 10.4. The van der Waals surface area contributed by atoms with Gasteiger partial charge in [0.2, 0.25) is 11.1 Å². The van der Waals surface area contributed by atoms with Crippen LogP contribution in [0.2, 0.25) is 0 Å². The average Bonchev–Trinajstić information content (AvgIpc) is 3.31. The maximum absolute atomic E-state index is 12.7. The molecule has 1 aliphatic heterocycles. The number of rotatable bonds is 8. The first-order valence-corrected chi connectivity index (χ1v) is 13.7. The molecule has 0 radical (unpaired) electrons. The van der Waals surface area contributed by atoms with Gasteiger partial charge in [-0.15, -0.1) is 5.10 Å². The van der Waals surface area contributed by atoms with Crippen molar-refractivity contribution in [3.63, 3.8) is 0 Å². The van der Waals surface area contributed by atoms with Gasteiger partial charge in [-0.05, 0) is 80.1 Å². The van der Waals surface area contributed by atoms with Crippen LogP contribution in [0.1, 0.15) is 53.3 Å². The highest BCUT2D eigenvalue weighted by Crippen LogP contribution is 2.37. The molecule has 1 unspecified atom stereocenters. The monoisotopic (exact) mass is 524 g/mol. The van der Waals surface area contributed by atoms with Gasteiger partial charge in [-0.1, -0.05) is 66.4 Å². The second kappa shape index (κ2) is 10.9. The number of anilines is 1. The van der Waals surface area contributed by atoms with Crippen LogP contribution in [0, 0.1) is 20.8 Å². The number of aromatic nitrogens is 3. The highest BCUT2D eigenvalue weighted by atomic mass is 32.2. The van der Waals surface area contributed by atoms with E-state index in [1.54, 1.807) is 18.7 Å². The summed E-state index contributed by atoms with van der Waals surface area (Å²) in [6.07, 6.45) is 0. The van der Waals surface area contributed by atoms with Crippen LogP contribution in [0.15, 0.2) is 83.2 Å². The summed E-state index contributed by atoms with van der Waals surface area (Å²) in [5, 5.41) is 8.75. The third-order valence-electron chi connectivity index (χ3n) is 6.97. The van der Waals surface area contributed by atoms with E-state index in [1.165, 1.54) is 27.8 Å². The van der Waals surface area contributed by atoms with Gasteiger partial charge in [-0.3, -0.25) is 4.79 Å². The van der Waals surface area contributed by atoms with Crippen molar-refractivity contribution in [2.75, 3.05) is 5.32 Å². The number of hydrogen-bond acceptors (Lipinski definition) is 6. The van der Waals surface area contributed by atoms with Crippen LogP contribution in [-0.2, 0) is 17.2 Å². The standard InChI is InChI=1S/C31H32N4O2S/c1-19-15-21(3)26(16-20(19)2)17-37-27-13-11-25(12-14-27)29-28(23(5)36)22(4)32-30-33-31(34-35(29)30)38-18-24-9-7-6-8-10-24/h6-16,29H,17-18H2,1-5H3,(H,32,33,34). The van der Waals surface area contributed by atoms with Crippen molar-refractivity contribution in [2.45, 2.75) is 58.2 Å². The Balaban J connectivity index is 1.38. The molecule has 4 aromatic rings. The lowest BCUT2D eigenvalue weighted by Gasteiger charge is -2.28. The number of nitrogens with one attached hydrogen (secondary N) is 1. The highest BCUT2D eigenvalue weighted by molar-refractivity contribution is 7.98. The van der Waals surface area contributed by atoms with Crippen LogP contribution in [0.3, 0.4) is 0 Å². The van der Waals surface area contributed by atoms with Crippen molar-refractivity contribution in [1.82, 2.24) is 14.8 Å². The first kappa shape index (κ1) is 25.8. The lowest BCUT2D eigenvalue weighted by Crippen LogP contribution is -2.27. The number of benzene rings is 3. The first-order chi connectivity index (χ1) is 18.3. The molecule has 0 saturated carbocycles. The Hall–Kier alpha value is -3.84. The van der Waals surface area contributed by atoms with E-state index in [2.05, 4.69) is 50.4 Å². The minimum atomic E-state index is -0.363. The van der Waals surface area contributed by atoms with E-state index in [4.69, 9.17) is 14.8 Å². The molecule has 0 saturated heterocycles. The maximum Gasteiger partial charge on any atom is 0.227 e. The van der Waals surface area contributed by atoms with E-state index in [1.807, 2.05) is 54.1 Å². The molecular formula is C31H32N4O2S. The fourth-order valence-electron chi connectivity index (χ4n) is 4.76. The Morgan fingerprint density at radius 2 is 1.68 bits per heavy atom. The minimum Gasteiger partial charge on any atom is -0.489 e. The van der Waals surface area contributed by atoms with Crippen LogP contribution in [0.4, 0.5) is 5.95 Å². The number of ketones is 1. The highest BCUT2D eigenvalue weighted by Gasteiger charge is 2.32. The third-order valence-corrected chi connectivity index (χ3v) is 7.87. The predicted octanol–water partition coefficient (Wildman–Crippen LogP) is 6.95. The Morgan fingerprint density at radius 3 is 2.39 bits per heavy atom. The van der Waals surface area contributed by atoms with Gasteiger partial charge in [-0.2, -0.15) is 4.98 Å². The molecule has 1 atom stereocenters. The largest absolute Gasteiger partial charge is 0.489 e. The normalized spacial score (nSPS) is 14.7. The third kappa shape index (κ3) is 5.38. The molecule has 3 aromatic carbocycles. The summed E-state index contributed by atoms with van der Waals surface area (Å²) < 4.78 is 7.95. The molecule has 38 heavy (non-hydrogen) atoms. The maximum atomic E-state index is 12.7. The summed E-state index contributed by atoms with van der Waals surface area (Å²) in [4.78, 5) is 17.5. The molecule has 1 N–H and O–H groups in total. The summed E-state index contributed by atoms with van der Waals surface area (Å²) >= 11 is 1.58. The molecule has 1 aromatic heterocycles. The van der Waals surface area contributed by atoms with Gasteiger partial charge in [0.05, 0.1) is 0 Å². The predicted molar refractivity (Wildman–Crippen MR) is 153 cm³/mol. The van der Waals surface area contributed by atoms with Gasteiger partial charge in [-0.25, -0.2) is 4.68 Å². The number of hydrogen-bond donors (Lipinski definition) is 1. The molecule has 0 amide bonds. The topological polar surface area (TPSA) is 69.0 Å². The van der Waals surface area contributed by atoms with Crippen molar-refractivity contribution >= 4 is 23.5 Å². The molecule has 1 aliphatic rings. The van der Waals surface area contributed by atoms with Crippen LogP contribution < -0.4 is 10.1 Å². The Bertz CT molecular complexity index is 1510. The Labute approximate surface area is 228 Å². The molecule has 0 spiro atoms. The zero-order valence-corrected chi connectivity index (χ0v) is 23.2. The lowest BCUT2D eigenvalue weighted by molar-refractivity contribution is -0.114. The minimum absolute atomic E-state index is 0.00480. The summed E-state index contributed by atoms with van der Waals surface area (Å²) in [5.74, 6) is 2.19. The van der Waals surface area contributed by atoms with Gasteiger partial charge in [0.1, 0.15) is 18.4 Å². The Kier molecular flexibility index (Phi) is 7.38.